The molecule has 0 aliphatic carbocycles. The number of rotatable bonds is 4. The van der Waals surface area contributed by atoms with E-state index in [-0.39, 0.29) is 34.5 Å². The molecule has 0 unspecified atom stereocenters. The van der Waals surface area contributed by atoms with E-state index < -0.39 is 20.0 Å². The van der Waals surface area contributed by atoms with Crippen LogP contribution in [0.2, 0.25) is 0 Å². The first-order valence-electron chi connectivity index (χ1n) is 5.52. The van der Waals surface area contributed by atoms with Crippen LogP contribution in [0.25, 0.3) is 4.13 Å². The molecule has 0 radical (unpaired) electrons. The Kier molecular flexibility index (Phi) is 4.05. The fourth-order valence-corrected chi connectivity index (χ4v) is 5.90. The zero-order chi connectivity index (χ0) is 13.4. The lowest BCUT2D eigenvalue weighted by Gasteiger charge is -2.11. The maximum atomic E-state index is 11.7. The van der Waals surface area contributed by atoms with E-state index in [9.17, 15) is 16.8 Å². The minimum atomic E-state index is -3.97. The van der Waals surface area contributed by atoms with E-state index in [0.717, 1.165) is 0 Å². The van der Waals surface area contributed by atoms with Crippen LogP contribution < -0.4 is 0 Å². The second-order valence-electron chi connectivity index (χ2n) is 5.07. The van der Waals surface area contributed by atoms with Gasteiger partial charge in [0.15, 0.2) is 0 Å². The Hall–Kier alpha value is -0.400. The first kappa shape index (κ1) is 14.7. The quantitative estimate of drug-likeness (QED) is 0.791. The van der Waals surface area contributed by atoms with Crippen LogP contribution in [0.15, 0.2) is 9.81 Å². The monoisotopic (exact) mass is 280 g/mol. The molecular weight excluding hydrogens is 262 g/mol. The van der Waals surface area contributed by atoms with Gasteiger partial charge >= 0.3 is 0 Å². The van der Waals surface area contributed by atoms with Crippen LogP contribution in [0, 0.1) is 11.8 Å². The predicted molar refractivity (Wildman–Crippen MR) is 67.1 cm³/mol. The summed E-state index contributed by atoms with van der Waals surface area (Å²) in [6.07, 6.45) is 0.459. The molecule has 0 saturated heterocycles. The highest BCUT2D eigenvalue weighted by atomic mass is 32.3. The van der Waals surface area contributed by atoms with Gasteiger partial charge in [-0.3, -0.25) is 0 Å². The van der Waals surface area contributed by atoms with Gasteiger partial charge in [-0.1, -0.05) is 27.7 Å². The van der Waals surface area contributed by atoms with E-state index in [0.29, 0.717) is 0 Å². The molecule has 0 atom stereocenters. The van der Waals surface area contributed by atoms with Gasteiger partial charge in [-0.05, 0) is 24.7 Å². The van der Waals surface area contributed by atoms with Crippen LogP contribution in [-0.4, -0.2) is 16.8 Å². The van der Waals surface area contributed by atoms with Crippen molar-refractivity contribution in [3.8, 4) is 0 Å². The second-order valence-corrected chi connectivity index (χ2v) is 8.55. The lowest BCUT2D eigenvalue weighted by atomic mass is 10.1. The predicted octanol–water partition coefficient (Wildman–Crippen LogP) is 2.34. The van der Waals surface area contributed by atoms with E-state index in [1.165, 1.54) is 0 Å². The van der Waals surface area contributed by atoms with Gasteiger partial charge in [-0.25, -0.2) is 16.8 Å². The summed E-state index contributed by atoms with van der Waals surface area (Å²) in [7, 11) is -7.94. The molecule has 0 aromatic heterocycles. The fraction of sp³-hybridized carbons (Fsp3) is 0.800. The second kappa shape index (κ2) is 4.70. The Labute approximate surface area is 103 Å². The lowest BCUT2D eigenvalue weighted by molar-refractivity contribution is 0.590. The highest BCUT2D eigenvalue weighted by Crippen LogP contribution is 2.41. The van der Waals surface area contributed by atoms with E-state index >= 15 is 0 Å². The molecule has 0 aromatic rings. The van der Waals surface area contributed by atoms with Gasteiger partial charge in [-0.15, -0.1) is 0 Å². The molecule has 0 saturated carbocycles. The average Bonchev–Trinajstić information content (AvgIpc) is 2.21. The Morgan fingerprint density at radius 1 is 0.824 bits per heavy atom. The molecule has 1 aliphatic heterocycles. The van der Waals surface area contributed by atoms with Gasteiger partial charge in [0, 0.05) is 9.81 Å². The Bertz CT molecular complexity index is 479. The zero-order valence-electron chi connectivity index (χ0n) is 10.5. The summed E-state index contributed by atoms with van der Waals surface area (Å²) in [4.78, 5) is -0.0256. The Morgan fingerprint density at radius 3 is 1.35 bits per heavy atom. The maximum Gasteiger partial charge on any atom is 0.109 e. The van der Waals surface area contributed by atoms with Crippen molar-refractivity contribution >= 4 is 20.0 Å². The van der Waals surface area contributed by atoms with E-state index in [1.807, 2.05) is 27.7 Å². The van der Waals surface area contributed by atoms with Gasteiger partial charge in [0.05, 0.1) is 0 Å². The molecule has 5 nitrogen and oxygen atoms in total. The van der Waals surface area contributed by atoms with Crippen molar-refractivity contribution in [2.24, 2.45) is 11.8 Å². The lowest BCUT2D eigenvalue weighted by Crippen LogP contribution is -2.03. The van der Waals surface area contributed by atoms with Crippen LogP contribution in [-0.2, 0) is 20.0 Å². The van der Waals surface area contributed by atoms with Crippen LogP contribution in [0.1, 0.15) is 40.5 Å². The van der Waals surface area contributed by atoms with Crippen molar-refractivity contribution in [2.75, 3.05) is 0 Å². The van der Waals surface area contributed by atoms with Crippen molar-refractivity contribution in [1.82, 2.24) is 0 Å². The summed E-state index contributed by atoms with van der Waals surface area (Å²) in [5.74, 6) is 0.149. The Morgan fingerprint density at radius 2 is 1.12 bits per heavy atom. The third-order valence-corrected chi connectivity index (χ3v) is 6.09. The first-order chi connectivity index (χ1) is 7.56. The van der Waals surface area contributed by atoms with E-state index in [2.05, 4.69) is 4.13 Å². The largest absolute Gasteiger partial charge is 0.428 e. The van der Waals surface area contributed by atoms with Crippen LogP contribution in [0.3, 0.4) is 0 Å². The first-order valence-corrected chi connectivity index (χ1v) is 8.40. The number of hydrogen-bond donors (Lipinski definition) is 0. The van der Waals surface area contributed by atoms with Crippen molar-refractivity contribution < 1.29 is 16.8 Å². The normalized spacial score (nSPS) is 22.7. The molecule has 17 heavy (non-hydrogen) atoms. The van der Waals surface area contributed by atoms with Crippen LogP contribution in [0.4, 0.5) is 0 Å². The average molecular weight is 280 g/mol. The highest BCUT2D eigenvalue weighted by molar-refractivity contribution is 8.18. The zero-order valence-corrected chi connectivity index (χ0v) is 12.1. The number of hydrogen-bond acceptors (Lipinski definition) is 4. The van der Waals surface area contributed by atoms with Crippen molar-refractivity contribution in [1.29, 1.82) is 0 Å². The minimum absolute atomic E-state index is 0.0128. The number of nitrogens with zero attached hydrogens (tertiary/aromatic N) is 1. The van der Waals surface area contributed by atoms with Crippen molar-refractivity contribution in [2.45, 2.75) is 40.5 Å². The van der Waals surface area contributed by atoms with Crippen LogP contribution in [0.5, 0.6) is 0 Å². The SMILES string of the molecule is CC(C)CC1=C(CC(C)C)S(=O)(=O)[N-]S1(=O)=O. The maximum absolute atomic E-state index is 11.7. The molecule has 100 valence electrons. The molecule has 0 fully saturated rings. The molecule has 1 heterocycles. The molecule has 0 bridgehead atoms. The van der Waals surface area contributed by atoms with E-state index in [1.54, 1.807) is 0 Å². The molecular formula is C10H18NO4S2-. The van der Waals surface area contributed by atoms with Gasteiger partial charge in [0.2, 0.25) is 0 Å². The minimum Gasteiger partial charge on any atom is -0.428 e. The topological polar surface area (TPSA) is 82.4 Å². The van der Waals surface area contributed by atoms with Gasteiger partial charge < -0.3 is 4.13 Å². The van der Waals surface area contributed by atoms with Gasteiger partial charge in [0.25, 0.3) is 0 Å². The standard InChI is InChI=1S/C10H18NO4S2/c1-7(2)5-9-10(6-8(3)4)17(14,15)11-16(9,12)13/h7-8H,5-6H2,1-4H3/q-1. The van der Waals surface area contributed by atoms with Gasteiger partial charge in [-0.2, -0.15) is 0 Å². The molecule has 0 aromatic carbocycles. The summed E-state index contributed by atoms with van der Waals surface area (Å²) < 4.78 is 49.8. The summed E-state index contributed by atoms with van der Waals surface area (Å²) in [6.45, 7) is 7.39. The summed E-state index contributed by atoms with van der Waals surface area (Å²) in [5, 5.41) is 0. The highest BCUT2D eigenvalue weighted by Gasteiger charge is 2.31. The van der Waals surface area contributed by atoms with E-state index in [4.69, 9.17) is 0 Å². The Balaban J connectivity index is 3.35. The van der Waals surface area contributed by atoms with Crippen molar-refractivity contribution in [3.63, 3.8) is 0 Å². The molecule has 0 spiro atoms. The molecule has 0 amide bonds. The number of allylic oxidation sites excluding steroid dienone is 2. The van der Waals surface area contributed by atoms with Gasteiger partial charge in [0.1, 0.15) is 20.0 Å². The number of sulfonamides is 2. The third kappa shape index (κ3) is 3.29. The fourth-order valence-electron chi connectivity index (χ4n) is 1.69. The van der Waals surface area contributed by atoms with Crippen LogP contribution >= 0.6 is 0 Å². The molecule has 7 heteroatoms. The molecule has 1 rings (SSSR count). The molecule has 1 aliphatic rings. The molecule has 0 N–H and O–H groups in total. The third-order valence-electron chi connectivity index (χ3n) is 2.32. The smallest absolute Gasteiger partial charge is 0.109 e. The summed E-state index contributed by atoms with van der Waals surface area (Å²) >= 11 is 0. The summed E-state index contributed by atoms with van der Waals surface area (Å²) in [5.41, 5.74) is 0. The summed E-state index contributed by atoms with van der Waals surface area (Å²) in [6, 6.07) is 0. The van der Waals surface area contributed by atoms with Crippen molar-refractivity contribution in [3.05, 3.63) is 13.9 Å².